The fourth-order valence-corrected chi connectivity index (χ4v) is 2.18. The van der Waals surface area contributed by atoms with Crippen LogP contribution in [0.4, 0.5) is 5.69 Å². The first-order valence-corrected chi connectivity index (χ1v) is 7.16. The molecule has 0 fully saturated rings. The summed E-state index contributed by atoms with van der Waals surface area (Å²) in [5, 5.41) is 13.7. The molecule has 0 saturated heterocycles. The lowest BCUT2D eigenvalue weighted by molar-refractivity contribution is -0.385. The maximum absolute atomic E-state index is 12.0. The molecule has 0 atom stereocenters. The summed E-state index contributed by atoms with van der Waals surface area (Å²) < 4.78 is 5.09. The summed E-state index contributed by atoms with van der Waals surface area (Å²) in [5.41, 5.74) is 5.09. The lowest BCUT2D eigenvalue weighted by atomic mass is 10.1. The predicted octanol–water partition coefficient (Wildman–Crippen LogP) is 1.83. The number of halogens is 1. The average molecular weight is 336 g/mol. The van der Waals surface area contributed by atoms with Crippen molar-refractivity contribution in [2.75, 3.05) is 26.5 Å². The second-order valence-corrected chi connectivity index (χ2v) is 4.73. The number of carbonyl (C=O) groups is 1. The second kappa shape index (κ2) is 9.43. The Morgan fingerprint density at radius 2 is 2.19 bits per heavy atom. The van der Waals surface area contributed by atoms with Crippen LogP contribution in [0.1, 0.15) is 16.8 Å². The van der Waals surface area contributed by atoms with E-state index in [0.717, 1.165) is 0 Å². The molecule has 0 saturated carbocycles. The normalized spacial score (nSPS) is 9.67. The van der Waals surface area contributed by atoms with Gasteiger partial charge in [-0.1, -0.05) is 0 Å². The molecule has 0 unspecified atom stereocenters. The second-order valence-electron chi connectivity index (χ2n) is 3.88. The number of nitrogens with two attached hydrogens (primary N) is 1. The first-order valence-electron chi connectivity index (χ1n) is 5.93. The van der Waals surface area contributed by atoms with Crippen molar-refractivity contribution in [3.8, 4) is 5.75 Å². The standard InChI is InChI=1S/C12H17N3O4S.ClH/c1-19-10-7-9(15(17)18)8(6-11(10)20-2)12(16)14-5-3-4-13;/h6-7H,3-5,13H2,1-2H3,(H,14,16);1H. The van der Waals surface area contributed by atoms with Crippen molar-refractivity contribution in [1.29, 1.82) is 0 Å². The third-order valence-corrected chi connectivity index (χ3v) is 3.37. The highest BCUT2D eigenvalue weighted by molar-refractivity contribution is 7.98. The van der Waals surface area contributed by atoms with Gasteiger partial charge in [-0.15, -0.1) is 24.2 Å². The molecule has 1 aromatic rings. The zero-order chi connectivity index (χ0) is 15.1. The summed E-state index contributed by atoms with van der Waals surface area (Å²) in [6.45, 7) is 0.828. The third-order valence-electron chi connectivity index (χ3n) is 2.61. The van der Waals surface area contributed by atoms with Crippen LogP contribution < -0.4 is 15.8 Å². The van der Waals surface area contributed by atoms with Gasteiger partial charge in [-0.25, -0.2) is 0 Å². The van der Waals surface area contributed by atoms with Gasteiger partial charge in [0, 0.05) is 6.54 Å². The van der Waals surface area contributed by atoms with E-state index in [0.29, 0.717) is 30.2 Å². The Balaban J connectivity index is 0.00000400. The molecule has 21 heavy (non-hydrogen) atoms. The van der Waals surface area contributed by atoms with Crippen LogP contribution >= 0.6 is 24.2 Å². The maximum Gasteiger partial charge on any atom is 0.285 e. The van der Waals surface area contributed by atoms with E-state index in [1.807, 2.05) is 0 Å². The van der Waals surface area contributed by atoms with Crippen molar-refractivity contribution in [3.63, 3.8) is 0 Å². The number of nitrogens with zero attached hydrogens (tertiary/aromatic N) is 1. The molecule has 0 aliphatic rings. The SMILES string of the molecule is COc1cc([N+](=O)[O-])c(C(=O)NCCCN)cc1SC.Cl. The first-order chi connectivity index (χ1) is 9.54. The average Bonchev–Trinajstić information content (AvgIpc) is 2.45. The summed E-state index contributed by atoms with van der Waals surface area (Å²) >= 11 is 1.35. The van der Waals surface area contributed by atoms with E-state index in [2.05, 4.69) is 5.32 Å². The van der Waals surface area contributed by atoms with Gasteiger partial charge in [0.25, 0.3) is 11.6 Å². The fourth-order valence-electron chi connectivity index (χ4n) is 1.60. The largest absolute Gasteiger partial charge is 0.495 e. The quantitative estimate of drug-likeness (QED) is 0.340. The van der Waals surface area contributed by atoms with Crippen LogP contribution in [0, 0.1) is 10.1 Å². The van der Waals surface area contributed by atoms with E-state index in [4.69, 9.17) is 10.5 Å². The van der Waals surface area contributed by atoms with E-state index >= 15 is 0 Å². The fraction of sp³-hybridized carbons (Fsp3) is 0.417. The minimum atomic E-state index is -0.593. The number of ether oxygens (including phenoxy) is 1. The molecule has 1 amide bonds. The van der Waals surface area contributed by atoms with Crippen molar-refractivity contribution in [2.45, 2.75) is 11.3 Å². The van der Waals surface area contributed by atoms with Crippen LogP contribution in [-0.4, -0.2) is 37.3 Å². The van der Waals surface area contributed by atoms with Crippen molar-refractivity contribution >= 4 is 35.8 Å². The zero-order valence-corrected chi connectivity index (χ0v) is 13.4. The van der Waals surface area contributed by atoms with Crippen molar-refractivity contribution in [3.05, 3.63) is 27.8 Å². The van der Waals surface area contributed by atoms with Gasteiger partial charge in [0.2, 0.25) is 0 Å². The van der Waals surface area contributed by atoms with Crippen LogP contribution in [-0.2, 0) is 0 Å². The van der Waals surface area contributed by atoms with E-state index in [1.54, 1.807) is 6.26 Å². The van der Waals surface area contributed by atoms with E-state index in [-0.39, 0.29) is 23.7 Å². The molecule has 0 aliphatic heterocycles. The molecule has 118 valence electrons. The Morgan fingerprint density at radius 3 is 2.67 bits per heavy atom. The van der Waals surface area contributed by atoms with E-state index < -0.39 is 10.8 Å². The number of rotatable bonds is 7. The van der Waals surface area contributed by atoms with Crippen molar-refractivity contribution in [2.24, 2.45) is 5.73 Å². The lowest BCUT2D eigenvalue weighted by Crippen LogP contribution is -2.26. The van der Waals surface area contributed by atoms with Gasteiger partial charge in [-0.3, -0.25) is 14.9 Å². The molecule has 1 aromatic carbocycles. The Bertz CT molecular complexity index is 514. The molecule has 9 heteroatoms. The Morgan fingerprint density at radius 1 is 1.52 bits per heavy atom. The summed E-state index contributed by atoms with van der Waals surface area (Å²) in [6.07, 6.45) is 2.42. The number of hydrogen-bond donors (Lipinski definition) is 2. The predicted molar refractivity (Wildman–Crippen MR) is 84.7 cm³/mol. The van der Waals surface area contributed by atoms with Gasteiger partial charge >= 0.3 is 0 Å². The molecular weight excluding hydrogens is 318 g/mol. The minimum Gasteiger partial charge on any atom is -0.495 e. The molecule has 0 aromatic heterocycles. The Labute approximate surface area is 133 Å². The van der Waals surface area contributed by atoms with Crippen LogP contribution in [0.15, 0.2) is 17.0 Å². The number of benzene rings is 1. The molecule has 3 N–H and O–H groups in total. The Hall–Kier alpha value is -1.51. The molecule has 0 spiro atoms. The molecule has 0 radical (unpaired) electrons. The van der Waals surface area contributed by atoms with Crippen molar-refractivity contribution < 1.29 is 14.5 Å². The summed E-state index contributed by atoms with van der Waals surface area (Å²) in [4.78, 5) is 23.1. The highest BCUT2D eigenvalue weighted by Gasteiger charge is 2.23. The van der Waals surface area contributed by atoms with Gasteiger partial charge in [0.1, 0.15) is 11.3 Å². The van der Waals surface area contributed by atoms with Crippen LogP contribution in [0.3, 0.4) is 0 Å². The van der Waals surface area contributed by atoms with Crippen molar-refractivity contribution in [1.82, 2.24) is 5.32 Å². The van der Waals surface area contributed by atoms with Gasteiger partial charge in [-0.2, -0.15) is 0 Å². The number of hydrogen-bond acceptors (Lipinski definition) is 6. The number of amides is 1. The van der Waals surface area contributed by atoms with Gasteiger partial charge < -0.3 is 15.8 Å². The third kappa shape index (κ3) is 5.07. The molecule has 1 rings (SSSR count). The number of nitro groups is 1. The number of nitro benzene ring substituents is 1. The molecular formula is C12H18ClN3O4S. The van der Waals surface area contributed by atoms with Gasteiger partial charge in [0.05, 0.1) is 23.0 Å². The van der Waals surface area contributed by atoms with E-state index in [9.17, 15) is 14.9 Å². The minimum absolute atomic E-state index is 0. The molecule has 0 bridgehead atoms. The molecule has 0 aliphatic carbocycles. The number of nitrogens with one attached hydrogen (secondary N) is 1. The highest BCUT2D eigenvalue weighted by Crippen LogP contribution is 2.34. The summed E-state index contributed by atoms with van der Waals surface area (Å²) in [7, 11) is 1.43. The monoisotopic (exact) mass is 335 g/mol. The zero-order valence-electron chi connectivity index (χ0n) is 11.8. The highest BCUT2D eigenvalue weighted by atomic mass is 35.5. The van der Waals surface area contributed by atoms with E-state index in [1.165, 1.54) is 31.0 Å². The number of thioether (sulfide) groups is 1. The smallest absolute Gasteiger partial charge is 0.285 e. The van der Waals surface area contributed by atoms with Crippen LogP contribution in [0.2, 0.25) is 0 Å². The first kappa shape index (κ1) is 19.5. The maximum atomic E-state index is 12.0. The van der Waals surface area contributed by atoms with Gasteiger partial charge in [0.15, 0.2) is 0 Å². The van der Waals surface area contributed by atoms with Crippen LogP contribution in [0.5, 0.6) is 5.75 Å². The summed E-state index contributed by atoms with van der Waals surface area (Å²) in [5.74, 6) is -0.106. The number of carbonyl (C=O) groups excluding carboxylic acids is 1. The lowest BCUT2D eigenvalue weighted by Gasteiger charge is -2.10. The van der Waals surface area contributed by atoms with Gasteiger partial charge in [-0.05, 0) is 25.3 Å². The number of methoxy groups -OCH3 is 1. The molecule has 0 heterocycles. The topological polar surface area (TPSA) is 107 Å². The summed E-state index contributed by atoms with van der Waals surface area (Å²) in [6, 6.07) is 2.74. The van der Waals surface area contributed by atoms with Crippen LogP contribution in [0.25, 0.3) is 0 Å². The Kier molecular flexibility index (Phi) is 8.75. The molecule has 7 nitrogen and oxygen atoms in total.